The first kappa shape index (κ1) is 24.7. The van der Waals surface area contributed by atoms with Gasteiger partial charge < -0.3 is 5.32 Å². The molecule has 0 spiro atoms. The maximum Gasteiger partial charge on any atom is 0.251 e. The molecule has 0 saturated heterocycles. The van der Waals surface area contributed by atoms with Crippen LogP contribution < -0.4 is 10.8 Å². The first-order valence-corrected chi connectivity index (χ1v) is 11.5. The Hall–Kier alpha value is -4.37. The van der Waals surface area contributed by atoms with Gasteiger partial charge in [-0.3, -0.25) is 14.8 Å². The monoisotopic (exact) mass is 487 g/mol. The van der Waals surface area contributed by atoms with Crippen LogP contribution in [0.25, 0.3) is 0 Å². The SMILES string of the molecule is O=C(C[C@@H](Cc1cccc(Cc2ccccc2)c1)n1cc(CNC(=O)c2ccc(F)cc2)nn1)NO. The second kappa shape index (κ2) is 11.9. The number of benzene rings is 3. The molecule has 0 radical (unpaired) electrons. The molecule has 3 aromatic carbocycles. The van der Waals surface area contributed by atoms with Crippen LogP contribution >= 0.6 is 0 Å². The number of nitrogens with one attached hydrogen (secondary N) is 2. The van der Waals surface area contributed by atoms with Crippen LogP contribution in [0, 0.1) is 5.82 Å². The van der Waals surface area contributed by atoms with Crippen LogP contribution in [0.2, 0.25) is 0 Å². The number of aromatic nitrogens is 3. The molecule has 0 aliphatic carbocycles. The van der Waals surface area contributed by atoms with E-state index in [0.717, 1.165) is 17.5 Å². The first-order chi connectivity index (χ1) is 17.5. The number of hydrogen-bond donors (Lipinski definition) is 3. The van der Waals surface area contributed by atoms with Gasteiger partial charge in [0, 0.05) is 5.56 Å². The molecule has 36 heavy (non-hydrogen) atoms. The normalized spacial score (nSPS) is 11.6. The van der Waals surface area contributed by atoms with Crippen molar-refractivity contribution in [2.24, 2.45) is 0 Å². The van der Waals surface area contributed by atoms with Crippen LogP contribution in [0.5, 0.6) is 0 Å². The summed E-state index contributed by atoms with van der Waals surface area (Å²) >= 11 is 0. The van der Waals surface area contributed by atoms with E-state index in [1.165, 1.54) is 29.8 Å². The number of carbonyl (C=O) groups excluding carboxylic acids is 2. The van der Waals surface area contributed by atoms with Gasteiger partial charge in [0.25, 0.3) is 5.91 Å². The molecule has 4 aromatic rings. The Kier molecular flexibility index (Phi) is 8.15. The second-order valence-electron chi connectivity index (χ2n) is 8.46. The van der Waals surface area contributed by atoms with Crippen molar-refractivity contribution in [1.29, 1.82) is 0 Å². The predicted octanol–water partition coefficient (Wildman–Crippen LogP) is 3.62. The lowest BCUT2D eigenvalue weighted by atomic mass is 9.98. The van der Waals surface area contributed by atoms with Crippen LogP contribution in [0.15, 0.2) is 85.1 Å². The quantitative estimate of drug-likeness (QED) is 0.234. The summed E-state index contributed by atoms with van der Waals surface area (Å²) in [6.45, 7) is 0.113. The number of halogens is 1. The van der Waals surface area contributed by atoms with Gasteiger partial charge in [-0.25, -0.2) is 14.6 Å². The third kappa shape index (κ3) is 6.83. The van der Waals surface area contributed by atoms with Gasteiger partial charge in [0.05, 0.1) is 25.2 Å². The zero-order valence-electron chi connectivity index (χ0n) is 19.5. The Labute approximate surface area is 207 Å². The predicted molar refractivity (Wildman–Crippen MR) is 131 cm³/mol. The highest BCUT2D eigenvalue weighted by molar-refractivity contribution is 5.94. The number of hydrogen-bond acceptors (Lipinski definition) is 5. The van der Waals surface area contributed by atoms with E-state index in [-0.39, 0.29) is 18.9 Å². The molecule has 2 amide bonds. The van der Waals surface area contributed by atoms with Gasteiger partial charge in [-0.1, -0.05) is 59.8 Å². The molecule has 0 saturated carbocycles. The van der Waals surface area contributed by atoms with E-state index in [1.807, 2.05) is 30.3 Å². The standard InChI is InChI=1S/C27H26FN5O3/c28-23-11-9-22(10-12-23)27(35)29-17-24-18-33(32-30-24)25(16-26(34)31-36)15-21-8-4-7-20(14-21)13-19-5-2-1-3-6-19/h1-12,14,18,25,36H,13,15-17H2,(H,29,35)(H,31,34)/t25-/m1/s1. The fourth-order valence-corrected chi connectivity index (χ4v) is 3.94. The molecule has 1 aromatic heterocycles. The van der Waals surface area contributed by atoms with E-state index in [0.29, 0.717) is 17.7 Å². The van der Waals surface area contributed by atoms with Gasteiger partial charge in [0.15, 0.2) is 0 Å². The van der Waals surface area contributed by atoms with Gasteiger partial charge >= 0.3 is 0 Å². The number of hydroxylamine groups is 1. The van der Waals surface area contributed by atoms with Crippen molar-refractivity contribution in [3.8, 4) is 0 Å². The second-order valence-corrected chi connectivity index (χ2v) is 8.46. The summed E-state index contributed by atoms with van der Waals surface area (Å²) < 4.78 is 14.6. The average molecular weight is 488 g/mol. The lowest BCUT2D eigenvalue weighted by Gasteiger charge is -2.16. The van der Waals surface area contributed by atoms with E-state index in [9.17, 15) is 14.0 Å². The van der Waals surface area contributed by atoms with Crippen LogP contribution in [-0.2, 0) is 24.2 Å². The van der Waals surface area contributed by atoms with Crippen molar-refractivity contribution in [1.82, 2.24) is 25.8 Å². The Bertz CT molecular complexity index is 1310. The molecule has 1 atom stereocenters. The first-order valence-electron chi connectivity index (χ1n) is 11.5. The van der Waals surface area contributed by atoms with Crippen LogP contribution in [-0.4, -0.2) is 32.0 Å². The molecule has 0 bridgehead atoms. The van der Waals surface area contributed by atoms with Crippen LogP contribution in [0.3, 0.4) is 0 Å². The van der Waals surface area contributed by atoms with Gasteiger partial charge in [-0.15, -0.1) is 5.10 Å². The van der Waals surface area contributed by atoms with E-state index >= 15 is 0 Å². The van der Waals surface area contributed by atoms with Gasteiger partial charge in [-0.05, 0) is 53.8 Å². The van der Waals surface area contributed by atoms with E-state index < -0.39 is 17.8 Å². The lowest BCUT2D eigenvalue weighted by molar-refractivity contribution is -0.130. The Morgan fingerprint density at radius 3 is 2.42 bits per heavy atom. The number of rotatable bonds is 10. The molecule has 4 rings (SSSR count). The maximum atomic E-state index is 13.1. The van der Waals surface area contributed by atoms with Crippen LogP contribution in [0.1, 0.15) is 45.2 Å². The van der Waals surface area contributed by atoms with E-state index in [2.05, 4.69) is 39.9 Å². The Morgan fingerprint density at radius 1 is 0.944 bits per heavy atom. The third-order valence-electron chi connectivity index (χ3n) is 5.73. The molecule has 1 heterocycles. The minimum Gasteiger partial charge on any atom is -0.346 e. The van der Waals surface area contributed by atoms with Gasteiger partial charge in [0.2, 0.25) is 5.91 Å². The number of nitrogens with zero attached hydrogens (tertiary/aromatic N) is 3. The highest BCUT2D eigenvalue weighted by Crippen LogP contribution is 2.20. The molecule has 0 aliphatic rings. The van der Waals surface area contributed by atoms with Crippen molar-refractivity contribution in [3.63, 3.8) is 0 Å². The van der Waals surface area contributed by atoms with Crippen LogP contribution in [0.4, 0.5) is 4.39 Å². The summed E-state index contributed by atoms with van der Waals surface area (Å²) in [5.74, 6) is -1.32. The number of amides is 2. The summed E-state index contributed by atoms with van der Waals surface area (Å²) in [6, 6.07) is 23.1. The largest absolute Gasteiger partial charge is 0.346 e. The summed E-state index contributed by atoms with van der Waals surface area (Å²) in [7, 11) is 0. The Balaban J connectivity index is 1.44. The fraction of sp³-hybridized carbons (Fsp3) is 0.185. The van der Waals surface area contributed by atoms with Crippen molar-refractivity contribution >= 4 is 11.8 Å². The number of carbonyl (C=O) groups is 2. The minimum atomic E-state index is -0.540. The molecule has 0 unspecified atom stereocenters. The molecular weight excluding hydrogens is 461 g/mol. The topological polar surface area (TPSA) is 109 Å². The Morgan fingerprint density at radius 2 is 1.67 bits per heavy atom. The summed E-state index contributed by atoms with van der Waals surface area (Å²) in [4.78, 5) is 24.3. The zero-order chi connectivity index (χ0) is 25.3. The summed E-state index contributed by atoms with van der Waals surface area (Å²) in [5, 5.41) is 20.1. The highest BCUT2D eigenvalue weighted by atomic mass is 19.1. The molecule has 0 fully saturated rings. The van der Waals surface area contributed by atoms with Gasteiger partial charge in [-0.2, -0.15) is 0 Å². The highest BCUT2D eigenvalue weighted by Gasteiger charge is 2.19. The lowest BCUT2D eigenvalue weighted by Crippen LogP contribution is -2.25. The molecule has 8 nitrogen and oxygen atoms in total. The molecule has 3 N–H and O–H groups in total. The van der Waals surface area contributed by atoms with Gasteiger partial charge in [0.1, 0.15) is 11.5 Å². The third-order valence-corrected chi connectivity index (χ3v) is 5.73. The van der Waals surface area contributed by atoms with Crippen molar-refractivity contribution in [3.05, 3.63) is 119 Å². The van der Waals surface area contributed by atoms with Crippen molar-refractivity contribution in [2.75, 3.05) is 0 Å². The summed E-state index contributed by atoms with van der Waals surface area (Å²) in [6.07, 6.45) is 2.93. The van der Waals surface area contributed by atoms with E-state index in [4.69, 9.17) is 5.21 Å². The van der Waals surface area contributed by atoms with E-state index in [1.54, 1.807) is 16.4 Å². The fourth-order valence-electron chi connectivity index (χ4n) is 3.94. The maximum absolute atomic E-state index is 13.1. The minimum absolute atomic E-state index is 0.00977. The zero-order valence-corrected chi connectivity index (χ0v) is 19.5. The average Bonchev–Trinajstić information content (AvgIpc) is 3.37. The summed E-state index contributed by atoms with van der Waals surface area (Å²) in [5.41, 5.74) is 5.87. The molecular formula is C27H26FN5O3. The van der Waals surface area contributed by atoms with Crippen molar-refractivity contribution < 1.29 is 19.2 Å². The molecule has 9 heteroatoms. The molecule has 0 aliphatic heterocycles. The molecule has 184 valence electrons. The smallest absolute Gasteiger partial charge is 0.251 e. The van der Waals surface area contributed by atoms with Crippen molar-refractivity contribution in [2.45, 2.75) is 31.8 Å².